The van der Waals surface area contributed by atoms with E-state index in [-0.39, 0.29) is 10.8 Å². The lowest BCUT2D eigenvalue weighted by atomic mass is 10.0. The summed E-state index contributed by atoms with van der Waals surface area (Å²) in [6.07, 6.45) is 3.24. The minimum atomic E-state index is -0.479. The van der Waals surface area contributed by atoms with Gasteiger partial charge in [0.25, 0.3) is 0 Å². The number of halogens is 2. The predicted molar refractivity (Wildman–Crippen MR) is 62.7 cm³/mol. The van der Waals surface area contributed by atoms with Crippen LogP contribution in [-0.2, 0) is 6.42 Å². The van der Waals surface area contributed by atoms with Crippen molar-refractivity contribution in [2.24, 2.45) is 0 Å². The van der Waals surface area contributed by atoms with Gasteiger partial charge in [-0.3, -0.25) is 0 Å². The molecule has 0 aliphatic carbocycles. The highest BCUT2D eigenvalue weighted by Gasteiger charge is 2.16. The Hall–Kier alpha value is -0.800. The normalized spacial score (nSPS) is 20.1. The smallest absolute Gasteiger partial charge is 0.183 e. The van der Waals surface area contributed by atoms with E-state index in [1.165, 1.54) is 13.5 Å². The highest BCUT2D eigenvalue weighted by Crippen LogP contribution is 2.27. The standard InChI is InChI=1S/C12H15ClFNO/c1-16-11-7-8(6-10(13)12(11)14)5-9-3-2-4-15-9/h6-7,9,15H,2-5H2,1H3. The number of methoxy groups -OCH3 is 1. The SMILES string of the molecule is COc1cc(CC2CCCN2)cc(Cl)c1F. The molecule has 0 saturated carbocycles. The maximum atomic E-state index is 13.4. The van der Waals surface area contributed by atoms with Crippen LogP contribution in [0.15, 0.2) is 12.1 Å². The van der Waals surface area contributed by atoms with Crippen LogP contribution in [0.5, 0.6) is 5.75 Å². The molecule has 1 aliphatic heterocycles. The zero-order chi connectivity index (χ0) is 11.5. The van der Waals surface area contributed by atoms with Gasteiger partial charge < -0.3 is 10.1 Å². The maximum absolute atomic E-state index is 13.4. The van der Waals surface area contributed by atoms with E-state index in [1.54, 1.807) is 12.1 Å². The summed E-state index contributed by atoms with van der Waals surface area (Å²) in [4.78, 5) is 0. The third-order valence-electron chi connectivity index (χ3n) is 2.92. The molecule has 4 heteroatoms. The van der Waals surface area contributed by atoms with Gasteiger partial charge in [0.2, 0.25) is 0 Å². The van der Waals surface area contributed by atoms with Crippen LogP contribution in [0.1, 0.15) is 18.4 Å². The molecular formula is C12H15ClFNO. The minimum Gasteiger partial charge on any atom is -0.494 e. The molecule has 1 atom stereocenters. The van der Waals surface area contributed by atoms with Crippen molar-refractivity contribution in [3.63, 3.8) is 0 Å². The second kappa shape index (κ2) is 5.02. The van der Waals surface area contributed by atoms with Crippen LogP contribution in [-0.4, -0.2) is 19.7 Å². The molecule has 2 nitrogen and oxygen atoms in total. The molecule has 1 fully saturated rings. The Morgan fingerprint density at radius 1 is 1.56 bits per heavy atom. The number of hydrogen-bond donors (Lipinski definition) is 1. The molecule has 1 N–H and O–H groups in total. The zero-order valence-corrected chi connectivity index (χ0v) is 9.98. The molecule has 88 valence electrons. The summed E-state index contributed by atoms with van der Waals surface area (Å²) in [6, 6.07) is 3.88. The topological polar surface area (TPSA) is 21.3 Å². The molecular weight excluding hydrogens is 229 g/mol. The van der Waals surface area contributed by atoms with E-state index in [9.17, 15) is 4.39 Å². The number of nitrogens with one attached hydrogen (secondary N) is 1. The van der Waals surface area contributed by atoms with Gasteiger partial charge in [-0.1, -0.05) is 11.6 Å². The molecule has 1 aromatic rings. The van der Waals surface area contributed by atoms with Crippen molar-refractivity contribution in [3.8, 4) is 5.75 Å². The lowest BCUT2D eigenvalue weighted by molar-refractivity contribution is 0.385. The largest absolute Gasteiger partial charge is 0.494 e. The summed E-state index contributed by atoms with van der Waals surface area (Å²) in [7, 11) is 1.45. The maximum Gasteiger partial charge on any atom is 0.183 e. The average molecular weight is 244 g/mol. The monoisotopic (exact) mass is 243 g/mol. The Kier molecular flexibility index (Phi) is 3.66. The Morgan fingerprint density at radius 2 is 2.38 bits per heavy atom. The third-order valence-corrected chi connectivity index (χ3v) is 3.19. The van der Waals surface area contributed by atoms with Crippen molar-refractivity contribution in [2.75, 3.05) is 13.7 Å². The molecule has 0 bridgehead atoms. The fourth-order valence-electron chi connectivity index (χ4n) is 2.10. The first kappa shape index (κ1) is 11.7. The van der Waals surface area contributed by atoms with Gasteiger partial charge in [0.05, 0.1) is 12.1 Å². The van der Waals surface area contributed by atoms with Crippen LogP contribution in [0.3, 0.4) is 0 Å². The van der Waals surface area contributed by atoms with Crippen LogP contribution in [0.4, 0.5) is 4.39 Å². The minimum absolute atomic E-state index is 0.132. The van der Waals surface area contributed by atoms with E-state index in [0.29, 0.717) is 6.04 Å². The first-order valence-electron chi connectivity index (χ1n) is 5.46. The highest BCUT2D eigenvalue weighted by molar-refractivity contribution is 6.31. The lowest BCUT2D eigenvalue weighted by Gasteiger charge is -2.12. The van der Waals surface area contributed by atoms with Gasteiger partial charge in [0.15, 0.2) is 11.6 Å². The van der Waals surface area contributed by atoms with E-state index in [1.807, 2.05) is 0 Å². The Bertz CT molecular complexity index is 378. The van der Waals surface area contributed by atoms with Crippen molar-refractivity contribution < 1.29 is 9.13 Å². The van der Waals surface area contributed by atoms with Crippen molar-refractivity contribution in [1.29, 1.82) is 0 Å². The first-order valence-corrected chi connectivity index (χ1v) is 5.84. The molecule has 0 aromatic heterocycles. The Balaban J connectivity index is 2.17. The van der Waals surface area contributed by atoms with Gasteiger partial charge in [-0.05, 0) is 43.5 Å². The molecule has 0 radical (unpaired) electrons. The summed E-state index contributed by atoms with van der Waals surface area (Å²) >= 11 is 5.81. The summed E-state index contributed by atoms with van der Waals surface area (Å²) in [5.74, 6) is -0.257. The van der Waals surface area contributed by atoms with Crippen molar-refractivity contribution in [1.82, 2.24) is 5.32 Å². The fourth-order valence-corrected chi connectivity index (χ4v) is 2.33. The van der Waals surface area contributed by atoms with Crippen LogP contribution in [0.2, 0.25) is 5.02 Å². The second-order valence-electron chi connectivity index (χ2n) is 4.09. The van der Waals surface area contributed by atoms with Crippen LogP contribution >= 0.6 is 11.6 Å². The van der Waals surface area contributed by atoms with Gasteiger partial charge in [-0.15, -0.1) is 0 Å². The molecule has 0 spiro atoms. The van der Waals surface area contributed by atoms with Gasteiger partial charge in [-0.25, -0.2) is 4.39 Å². The van der Waals surface area contributed by atoms with Crippen molar-refractivity contribution >= 4 is 11.6 Å². The van der Waals surface area contributed by atoms with E-state index >= 15 is 0 Å². The van der Waals surface area contributed by atoms with Crippen LogP contribution in [0, 0.1) is 5.82 Å². The van der Waals surface area contributed by atoms with E-state index in [4.69, 9.17) is 16.3 Å². The average Bonchev–Trinajstić information content (AvgIpc) is 2.76. The predicted octanol–water partition coefficient (Wildman–Crippen LogP) is 2.78. The second-order valence-corrected chi connectivity index (χ2v) is 4.50. The fraction of sp³-hybridized carbons (Fsp3) is 0.500. The first-order chi connectivity index (χ1) is 7.70. The summed E-state index contributed by atoms with van der Waals surface area (Å²) in [6.45, 7) is 1.07. The quantitative estimate of drug-likeness (QED) is 0.882. The molecule has 0 amide bonds. The molecule has 16 heavy (non-hydrogen) atoms. The number of hydrogen-bond acceptors (Lipinski definition) is 2. The number of ether oxygens (including phenoxy) is 1. The van der Waals surface area contributed by atoms with E-state index in [2.05, 4.69) is 5.32 Å². The Morgan fingerprint density at radius 3 is 3.00 bits per heavy atom. The van der Waals surface area contributed by atoms with Crippen molar-refractivity contribution in [3.05, 3.63) is 28.5 Å². The van der Waals surface area contributed by atoms with E-state index in [0.717, 1.165) is 24.9 Å². The van der Waals surface area contributed by atoms with Gasteiger partial charge >= 0.3 is 0 Å². The molecule has 2 rings (SSSR count). The van der Waals surface area contributed by atoms with Gasteiger partial charge in [0, 0.05) is 6.04 Å². The number of rotatable bonds is 3. The molecule has 1 saturated heterocycles. The van der Waals surface area contributed by atoms with Gasteiger partial charge in [0.1, 0.15) is 0 Å². The van der Waals surface area contributed by atoms with Crippen LogP contribution < -0.4 is 10.1 Å². The summed E-state index contributed by atoms with van der Waals surface area (Å²) < 4.78 is 18.4. The lowest BCUT2D eigenvalue weighted by Crippen LogP contribution is -2.23. The third kappa shape index (κ3) is 2.47. The molecule has 1 aromatic carbocycles. The molecule has 1 aliphatic rings. The highest BCUT2D eigenvalue weighted by atomic mass is 35.5. The van der Waals surface area contributed by atoms with Gasteiger partial charge in [-0.2, -0.15) is 0 Å². The molecule has 1 heterocycles. The van der Waals surface area contributed by atoms with Crippen LogP contribution in [0.25, 0.3) is 0 Å². The Labute approximate surface area is 99.7 Å². The number of benzene rings is 1. The summed E-state index contributed by atoms with van der Waals surface area (Å²) in [5, 5.41) is 3.53. The zero-order valence-electron chi connectivity index (χ0n) is 9.22. The molecule has 1 unspecified atom stereocenters. The van der Waals surface area contributed by atoms with Crippen molar-refractivity contribution in [2.45, 2.75) is 25.3 Å². The summed E-state index contributed by atoms with van der Waals surface area (Å²) in [5.41, 5.74) is 1.02. The van der Waals surface area contributed by atoms with E-state index < -0.39 is 5.82 Å².